The summed E-state index contributed by atoms with van der Waals surface area (Å²) in [5, 5.41) is 7.75. The van der Waals surface area contributed by atoms with Crippen molar-refractivity contribution < 1.29 is 22.7 Å². The molecule has 0 saturated heterocycles. The summed E-state index contributed by atoms with van der Waals surface area (Å²) in [5.41, 5.74) is 5.36. The summed E-state index contributed by atoms with van der Waals surface area (Å²) < 4.78 is 47.6. The van der Waals surface area contributed by atoms with Gasteiger partial charge in [0.25, 0.3) is 5.91 Å². The summed E-state index contributed by atoms with van der Waals surface area (Å²) >= 11 is 0. The molecule has 3 heterocycles. The van der Waals surface area contributed by atoms with Gasteiger partial charge in [0.05, 0.1) is 18.2 Å². The lowest BCUT2D eigenvalue weighted by Crippen LogP contribution is -2.25. The van der Waals surface area contributed by atoms with E-state index in [4.69, 9.17) is 10.5 Å². The molecule has 188 valence electrons. The fourth-order valence-electron chi connectivity index (χ4n) is 3.57. The summed E-state index contributed by atoms with van der Waals surface area (Å²) in [6.07, 6.45) is 0.177. The minimum Gasteiger partial charge on any atom is -0.475 e. The number of rotatable bonds is 8. The quantitative estimate of drug-likeness (QED) is 0.368. The monoisotopic (exact) mass is 498 g/mol. The third-order valence-corrected chi connectivity index (χ3v) is 5.63. The Bertz CT molecular complexity index is 1370. The van der Waals surface area contributed by atoms with E-state index in [1.54, 1.807) is 42.6 Å². The lowest BCUT2D eigenvalue weighted by Gasteiger charge is -2.11. The number of alkyl halides is 3. The molecule has 0 spiro atoms. The first kappa shape index (κ1) is 25.0. The van der Waals surface area contributed by atoms with Crippen molar-refractivity contribution >= 4 is 22.5 Å². The number of nitrogen functional groups attached to an aromatic ring is 1. The molecule has 0 aliphatic heterocycles. The van der Waals surface area contributed by atoms with E-state index in [1.807, 2.05) is 13.8 Å². The molecule has 0 radical (unpaired) electrons. The number of hydrogen-bond acceptors (Lipinski definition) is 6. The first-order valence-corrected chi connectivity index (χ1v) is 11.3. The van der Waals surface area contributed by atoms with Crippen molar-refractivity contribution in [1.29, 1.82) is 0 Å². The van der Waals surface area contributed by atoms with Gasteiger partial charge in [-0.15, -0.1) is 0 Å². The molecule has 4 aromatic rings. The van der Waals surface area contributed by atoms with Gasteiger partial charge in [0.1, 0.15) is 5.82 Å². The molecule has 0 bridgehead atoms. The molecule has 1 atom stereocenters. The molecule has 4 rings (SSSR count). The minimum absolute atomic E-state index is 0.00497. The molecule has 3 N–H and O–H groups in total. The first-order valence-electron chi connectivity index (χ1n) is 11.3. The average Bonchev–Trinajstić information content (AvgIpc) is 3.28. The van der Waals surface area contributed by atoms with Crippen LogP contribution in [0.25, 0.3) is 10.8 Å². The van der Waals surface area contributed by atoms with Gasteiger partial charge in [-0.1, -0.05) is 25.1 Å². The van der Waals surface area contributed by atoms with Crippen molar-refractivity contribution in [2.75, 3.05) is 5.73 Å². The van der Waals surface area contributed by atoms with Gasteiger partial charge in [-0.25, -0.2) is 9.97 Å². The lowest BCUT2D eigenvalue weighted by atomic mass is 10.1. The number of halogens is 3. The highest BCUT2D eigenvalue weighted by Gasteiger charge is 2.39. The number of nitrogens with zero attached hydrogens (tertiary/aromatic N) is 4. The summed E-state index contributed by atoms with van der Waals surface area (Å²) in [4.78, 5) is 20.9. The fraction of sp³-hybridized carbons (Fsp3) is 0.280. The Morgan fingerprint density at radius 3 is 2.64 bits per heavy atom. The number of amides is 1. The van der Waals surface area contributed by atoms with E-state index in [0.717, 1.165) is 28.1 Å². The van der Waals surface area contributed by atoms with E-state index < -0.39 is 23.3 Å². The predicted octanol–water partition coefficient (Wildman–Crippen LogP) is 4.58. The molecule has 1 unspecified atom stereocenters. The van der Waals surface area contributed by atoms with Gasteiger partial charge in [-0.05, 0) is 42.0 Å². The van der Waals surface area contributed by atoms with Gasteiger partial charge in [0.2, 0.25) is 5.88 Å². The molecule has 0 aliphatic carbocycles. The van der Waals surface area contributed by atoms with E-state index in [0.29, 0.717) is 22.8 Å². The van der Waals surface area contributed by atoms with Crippen molar-refractivity contribution in [3.05, 3.63) is 77.4 Å². The van der Waals surface area contributed by atoms with Crippen molar-refractivity contribution in [3.8, 4) is 5.88 Å². The number of hydrogen-bond donors (Lipinski definition) is 2. The maximum atomic E-state index is 13.6. The average molecular weight is 499 g/mol. The fourth-order valence-corrected chi connectivity index (χ4v) is 3.57. The Morgan fingerprint density at radius 2 is 1.94 bits per heavy atom. The van der Waals surface area contributed by atoms with Gasteiger partial charge >= 0.3 is 6.18 Å². The smallest absolute Gasteiger partial charge is 0.435 e. The van der Waals surface area contributed by atoms with Crippen molar-refractivity contribution in [2.45, 2.75) is 45.6 Å². The number of anilines is 1. The molecule has 1 aromatic carbocycles. The summed E-state index contributed by atoms with van der Waals surface area (Å²) in [7, 11) is 0. The number of ether oxygens (including phenoxy) is 1. The van der Waals surface area contributed by atoms with Crippen molar-refractivity contribution in [3.63, 3.8) is 0 Å². The van der Waals surface area contributed by atoms with Crippen LogP contribution in [0.5, 0.6) is 5.88 Å². The van der Waals surface area contributed by atoms with Gasteiger partial charge in [-0.3, -0.25) is 9.48 Å². The lowest BCUT2D eigenvalue weighted by molar-refractivity contribution is -0.141. The zero-order valence-corrected chi connectivity index (χ0v) is 19.7. The molecule has 8 nitrogen and oxygen atoms in total. The summed E-state index contributed by atoms with van der Waals surface area (Å²) in [6, 6.07) is 10.4. The van der Waals surface area contributed by atoms with E-state index in [-0.39, 0.29) is 19.2 Å². The van der Waals surface area contributed by atoms with Crippen LogP contribution < -0.4 is 15.8 Å². The number of benzene rings is 1. The molecular weight excluding hydrogens is 473 g/mol. The van der Waals surface area contributed by atoms with Crippen LogP contribution in [0.1, 0.15) is 47.4 Å². The second kappa shape index (κ2) is 10.2. The van der Waals surface area contributed by atoms with Crippen LogP contribution in [-0.2, 0) is 19.3 Å². The van der Waals surface area contributed by atoms with Crippen molar-refractivity contribution in [1.82, 2.24) is 25.1 Å². The second-order valence-corrected chi connectivity index (χ2v) is 8.36. The maximum absolute atomic E-state index is 13.6. The van der Waals surface area contributed by atoms with Crippen LogP contribution in [0, 0.1) is 0 Å². The largest absolute Gasteiger partial charge is 0.475 e. The summed E-state index contributed by atoms with van der Waals surface area (Å²) in [6.45, 7) is 3.94. The molecule has 3 aromatic heterocycles. The molecule has 1 amide bonds. The number of pyridine rings is 2. The molecular formula is C25H25F3N6O2. The van der Waals surface area contributed by atoms with Crippen LogP contribution in [0.3, 0.4) is 0 Å². The highest BCUT2D eigenvalue weighted by Crippen LogP contribution is 2.31. The highest BCUT2D eigenvalue weighted by atomic mass is 19.4. The number of carbonyl (C=O) groups excluding carboxylic acids is 1. The Kier molecular flexibility index (Phi) is 7.09. The molecule has 36 heavy (non-hydrogen) atoms. The van der Waals surface area contributed by atoms with Gasteiger partial charge < -0.3 is 15.8 Å². The maximum Gasteiger partial charge on any atom is 0.435 e. The zero-order chi connectivity index (χ0) is 25.9. The number of carbonyl (C=O) groups is 1. The third kappa shape index (κ3) is 5.73. The standard InChI is InChI=1S/C25H25F3N6O2/c1-3-15(2)36-21-7-5-17(12-31-21)13-34-14-20(22(33-34)25(26,27)28)24(35)32-11-16-4-6-19-18(10-16)8-9-30-23(19)29/h4-10,12,14-15H,3,11,13H2,1-2H3,(H2,29,30)(H,32,35). The van der Waals surface area contributed by atoms with Gasteiger partial charge in [0, 0.05) is 36.6 Å². The van der Waals surface area contributed by atoms with Crippen LogP contribution in [0.15, 0.2) is 55.0 Å². The summed E-state index contributed by atoms with van der Waals surface area (Å²) in [5.74, 6) is -0.0752. The number of nitrogens with one attached hydrogen (secondary N) is 1. The van der Waals surface area contributed by atoms with Crippen LogP contribution >= 0.6 is 0 Å². The van der Waals surface area contributed by atoms with Crippen LogP contribution in [0.2, 0.25) is 0 Å². The Morgan fingerprint density at radius 1 is 1.17 bits per heavy atom. The minimum atomic E-state index is -4.79. The SMILES string of the molecule is CCC(C)Oc1ccc(Cn2cc(C(=O)NCc3ccc4c(N)nccc4c3)c(C(F)(F)F)n2)cn1. The molecule has 0 saturated carbocycles. The van der Waals surface area contributed by atoms with Crippen LogP contribution in [0.4, 0.5) is 19.0 Å². The predicted molar refractivity (Wildman–Crippen MR) is 128 cm³/mol. The number of nitrogens with two attached hydrogens (primary N) is 1. The Balaban J connectivity index is 1.49. The van der Waals surface area contributed by atoms with E-state index in [2.05, 4.69) is 20.4 Å². The van der Waals surface area contributed by atoms with Gasteiger partial charge in [-0.2, -0.15) is 18.3 Å². The number of aromatic nitrogens is 4. The van der Waals surface area contributed by atoms with E-state index in [1.165, 1.54) is 6.20 Å². The van der Waals surface area contributed by atoms with E-state index in [9.17, 15) is 18.0 Å². The van der Waals surface area contributed by atoms with Crippen molar-refractivity contribution in [2.24, 2.45) is 0 Å². The Hall–Kier alpha value is -4.15. The third-order valence-electron chi connectivity index (χ3n) is 5.63. The highest BCUT2D eigenvalue weighted by molar-refractivity contribution is 5.95. The normalized spacial score (nSPS) is 12.5. The molecule has 11 heteroatoms. The molecule has 0 fully saturated rings. The number of fused-ring (bicyclic) bond motifs is 1. The van der Waals surface area contributed by atoms with E-state index >= 15 is 0 Å². The topological polar surface area (TPSA) is 108 Å². The molecule has 0 aliphatic rings. The van der Waals surface area contributed by atoms with Gasteiger partial charge in [0.15, 0.2) is 5.69 Å². The first-order chi connectivity index (χ1) is 17.1. The second-order valence-electron chi connectivity index (χ2n) is 8.36. The Labute approximate surface area is 205 Å². The zero-order valence-electron chi connectivity index (χ0n) is 19.7. The van der Waals surface area contributed by atoms with Crippen LogP contribution in [-0.4, -0.2) is 31.8 Å².